The second kappa shape index (κ2) is 8.43. The van der Waals surface area contributed by atoms with Crippen LogP contribution in [-0.4, -0.2) is 53.6 Å². The van der Waals surface area contributed by atoms with Gasteiger partial charge in [0, 0.05) is 49.5 Å². The molecule has 27 heavy (non-hydrogen) atoms. The van der Waals surface area contributed by atoms with E-state index in [9.17, 15) is 4.79 Å². The van der Waals surface area contributed by atoms with E-state index in [4.69, 9.17) is 11.6 Å². The third-order valence-electron chi connectivity index (χ3n) is 4.58. The standard InChI is InChI=1S/C19H25ClN6O/c1-4-21-17-12-18(23-14(3)22-17)25-8-10-26(11-9-25)19(27)24-16-7-5-6-15(20)13(16)2/h5-7,12H,4,8-11H2,1-3H3,(H,24,27)(H,21,22,23). The second-order valence-corrected chi connectivity index (χ2v) is 6.91. The Hall–Kier alpha value is -2.54. The Labute approximate surface area is 164 Å². The lowest BCUT2D eigenvalue weighted by molar-refractivity contribution is 0.208. The van der Waals surface area contributed by atoms with Gasteiger partial charge in [0.15, 0.2) is 0 Å². The SMILES string of the molecule is CCNc1cc(N2CCN(C(=O)Nc3cccc(Cl)c3C)CC2)nc(C)n1. The molecule has 2 amide bonds. The third kappa shape index (κ3) is 4.60. The molecule has 2 heterocycles. The number of hydrogen-bond donors (Lipinski definition) is 2. The van der Waals surface area contributed by atoms with Gasteiger partial charge in [0.25, 0.3) is 0 Å². The number of hydrogen-bond acceptors (Lipinski definition) is 5. The number of anilines is 3. The molecule has 1 aliphatic rings. The summed E-state index contributed by atoms with van der Waals surface area (Å²) in [6, 6.07) is 7.37. The van der Waals surface area contributed by atoms with Crippen molar-refractivity contribution < 1.29 is 4.79 Å². The van der Waals surface area contributed by atoms with Crippen LogP contribution in [0.2, 0.25) is 5.02 Å². The van der Waals surface area contributed by atoms with Crippen LogP contribution in [0.15, 0.2) is 24.3 Å². The lowest BCUT2D eigenvalue weighted by Crippen LogP contribution is -2.50. The molecule has 1 aliphatic heterocycles. The van der Waals surface area contributed by atoms with Crippen LogP contribution in [0, 0.1) is 13.8 Å². The molecule has 0 saturated carbocycles. The fourth-order valence-corrected chi connectivity index (χ4v) is 3.24. The topological polar surface area (TPSA) is 73.4 Å². The Morgan fingerprint density at radius 3 is 2.63 bits per heavy atom. The Bertz CT molecular complexity index is 820. The van der Waals surface area contributed by atoms with Crippen LogP contribution >= 0.6 is 11.6 Å². The molecule has 1 aromatic carbocycles. The van der Waals surface area contributed by atoms with Crippen LogP contribution in [0.3, 0.4) is 0 Å². The first kappa shape index (κ1) is 19.2. The van der Waals surface area contributed by atoms with Crippen LogP contribution in [0.1, 0.15) is 18.3 Å². The molecule has 2 aromatic rings. The smallest absolute Gasteiger partial charge is 0.321 e. The largest absolute Gasteiger partial charge is 0.370 e. The highest BCUT2D eigenvalue weighted by molar-refractivity contribution is 6.31. The number of piperazine rings is 1. The van der Waals surface area contributed by atoms with Gasteiger partial charge in [-0.2, -0.15) is 0 Å². The lowest BCUT2D eigenvalue weighted by Gasteiger charge is -2.35. The number of aryl methyl sites for hydroxylation is 1. The molecule has 1 saturated heterocycles. The number of rotatable bonds is 4. The van der Waals surface area contributed by atoms with Gasteiger partial charge in [-0.05, 0) is 38.5 Å². The van der Waals surface area contributed by atoms with Gasteiger partial charge in [-0.15, -0.1) is 0 Å². The Balaban J connectivity index is 1.61. The van der Waals surface area contributed by atoms with Crippen LogP contribution in [0.4, 0.5) is 22.1 Å². The van der Waals surface area contributed by atoms with Gasteiger partial charge >= 0.3 is 6.03 Å². The van der Waals surface area contributed by atoms with E-state index in [1.165, 1.54) is 0 Å². The second-order valence-electron chi connectivity index (χ2n) is 6.51. The summed E-state index contributed by atoms with van der Waals surface area (Å²) >= 11 is 6.13. The molecular weight excluding hydrogens is 364 g/mol. The first-order valence-corrected chi connectivity index (χ1v) is 9.51. The van der Waals surface area contributed by atoms with E-state index >= 15 is 0 Å². The summed E-state index contributed by atoms with van der Waals surface area (Å²) in [5.41, 5.74) is 1.62. The van der Waals surface area contributed by atoms with Crippen molar-refractivity contribution in [2.45, 2.75) is 20.8 Å². The maximum absolute atomic E-state index is 12.6. The molecule has 144 valence electrons. The highest BCUT2D eigenvalue weighted by Crippen LogP contribution is 2.23. The molecule has 7 nitrogen and oxygen atoms in total. The van der Waals surface area contributed by atoms with Gasteiger partial charge in [0.2, 0.25) is 0 Å². The van der Waals surface area contributed by atoms with Crippen molar-refractivity contribution in [2.24, 2.45) is 0 Å². The van der Waals surface area contributed by atoms with Crippen molar-refractivity contribution in [3.63, 3.8) is 0 Å². The molecule has 2 N–H and O–H groups in total. The molecular formula is C19H25ClN6O. The zero-order valence-electron chi connectivity index (χ0n) is 15.9. The van der Waals surface area contributed by atoms with Gasteiger partial charge in [-0.3, -0.25) is 0 Å². The number of nitrogens with one attached hydrogen (secondary N) is 2. The van der Waals surface area contributed by atoms with E-state index in [0.717, 1.165) is 48.3 Å². The quantitative estimate of drug-likeness (QED) is 0.838. The number of halogens is 1. The Morgan fingerprint density at radius 1 is 1.19 bits per heavy atom. The van der Waals surface area contributed by atoms with Gasteiger partial charge in [0.1, 0.15) is 17.5 Å². The summed E-state index contributed by atoms with van der Waals surface area (Å²) in [6.45, 7) is 9.35. The normalized spacial score (nSPS) is 14.2. The molecule has 0 unspecified atom stereocenters. The highest BCUT2D eigenvalue weighted by atomic mass is 35.5. The van der Waals surface area contributed by atoms with Crippen LogP contribution < -0.4 is 15.5 Å². The fourth-order valence-electron chi connectivity index (χ4n) is 3.06. The predicted molar refractivity (Wildman–Crippen MR) is 110 cm³/mol. The molecule has 0 aliphatic carbocycles. The van der Waals surface area contributed by atoms with E-state index in [0.29, 0.717) is 18.1 Å². The molecule has 0 atom stereocenters. The molecule has 0 bridgehead atoms. The Kier molecular flexibility index (Phi) is 6.01. The summed E-state index contributed by atoms with van der Waals surface area (Å²) < 4.78 is 0. The number of carbonyl (C=O) groups excluding carboxylic acids is 1. The number of urea groups is 1. The maximum Gasteiger partial charge on any atom is 0.321 e. The first-order valence-electron chi connectivity index (χ1n) is 9.13. The molecule has 1 fully saturated rings. The molecule has 1 aromatic heterocycles. The fraction of sp³-hybridized carbons (Fsp3) is 0.421. The average Bonchev–Trinajstić information content (AvgIpc) is 2.65. The number of amides is 2. The summed E-state index contributed by atoms with van der Waals surface area (Å²) in [5, 5.41) is 6.83. The Morgan fingerprint density at radius 2 is 1.93 bits per heavy atom. The average molecular weight is 389 g/mol. The molecule has 0 spiro atoms. The minimum Gasteiger partial charge on any atom is -0.370 e. The molecule has 3 rings (SSSR count). The highest BCUT2D eigenvalue weighted by Gasteiger charge is 2.23. The van der Waals surface area contributed by atoms with Crippen molar-refractivity contribution in [1.29, 1.82) is 0 Å². The molecule has 8 heteroatoms. The monoisotopic (exact) mass is 388 g/mol. The summed E-state index contributed by atoms with van der Waals surface area (Å²) in [6.07, 6.45) is 0. The predicted octanol–water partition coefficient (Wildman–Crippen LogP) is 3.53. The summed E-state index contributed by atoms with van der Waals surface area (Å²) in [4.78, 5) is 25.5. The van der Waals surface area contributed by atoms with Gasteiger partial charge in [-0.25, -0.2) is 14.8 Å². The number of carbonyl (C=O) groups is 1. The van der Waals surface area contributed by atoms with Gasteiger partial charge in [0.05, 0.1) is 0 Å². The summed E-state index contributed by atoms with van der Waals surface area (Å²) in [5.74, 6) is 2.46. The van der Waals surface area contributed by atoms with Crippen molar-refractivity contribution in [3.05, 3.63) is 40.7 Å². The van der Waals surface area contributed by atoms with Crippen molar-refractivity contribution in [1.82, 2.24) is 14.9 Å². The number of benzene rings is 1. The van der Waals surface area contributed by atoms with Crippen LogP contribution in [0.25, 0.3) is 0 Å². The molecule has 0 radical (unpaired) electrons. The zero-order chi connectivity index (χ0) is 19.4. The van der Waals surface area contributed by atoms with Crippen molar-refractivity contribution >= 4 is 35.0 Å². The van der Waals surface area contributed by atoms with E-state index in [-0.39, 0.29) is 6.03 Å². The minimum atomic E-state index is -0.104. The first-order chi connectivity index (χ1) is 13.0. The van der Waals surface area contributed by atoms with E-state index in [1.807, 2.05) is 49.9 Å². The summed E-state index contributed by atoms with van der Waals surface area (Å²) in [7, 11) is 0. The van der Waals surface area contributed by atoms with Gasteiger partial charge < -0.3 is 20.4 Å². The number of nitrogens with zero attached hydrogens (tertiary/aromatic N) is 4. The third-order valence-corrected chi connectivity index (χ3v) is 4.99. The van der Waals surface area contributed by atoms with Crippen molar-refractivity contribution in [2.75, 3.05) is 48.3 Å². The van der Waals surface area contributed by atoms with Gasteiger partial charge in [-0.1, -0.05) is 17.7 Å². The van der Waals surface area contributed by atoms with Crippen molar-refractivity contribution in [3.8, 4) is 0 Å². The van der Waals surface area contributed by atoms with E-state index in [2.05, 4.69) is 25.5 Å². The number of aromatic nitrogens is 2. The lowest BCUT2D eigenvalue weighted by atomic mass is 10.2. The van der Waals surface area contributed by atoms with Crippen LogP contribution in [-0.2, 0) is 0 Å². The van der Waals surface area contributed by atoms with E-state index in [1.54, 1.807) is 0 Å². The van der Waals surface area contributed by atoms with E-state index < -0.39 is 0 Å². The van der Waals surface area contributed by atoms with Crippen LogP contribution in [0.5, 0.6) is 0 Å². The minimum absolute atomic E-state index is 0.104. The maximum atomic E-state index is 12.6. The zero-order valence-corrected chi connectivity index (χ0v) is 16.7.